The van der Waals surface area contributed by atoms with Crippen LogP contribution in [0.15, 0.2) is 78.9 Å². The number of thiophene rings is 1. The van der Waals surface area contributed by atoms with Crippen molar-refractivity contribution in [2.24, 2.45) is 0 Å². The van der Waals surface area contributed by atoms with Gasteiger partial charge >= 0.3 is 0 Å². The molecule has 0 unspecified atom stereocenters. The van der Waals surface area contributed by atoms with E-state index in [0.717, 1.165) is 47.6 Å². The van der Waals surface area contributed by atoms with Crippen LogP contribution in [0.3, 0.4) is 0 Å². The minimum atomic E-state index is -0.503. The van der Waals surface area contributed by atoms with E-state index in [2.05, 4.69) is 40.6 Å². The molecule has 0 fully saturated rings. The quantitative estimate of drug-likeness (QED) is 0.388. The van der Waals surface area contributed by atoms with Gasteiger partial charge in [0.1, 0.15) is 22.6 Å². The lowest BCUT2D eigenvalue weighted by Crippen LogP contribution is -2.29. The highest BCUT2D eigenvalue weighted by atomic mass is 32.1. The van der Waals surface area contributed by atoms with Crippen LogP contribution >= 0.6 is 11.3 Å². The summed E-state index contributed by atoms with van der Waals surface area (Å²) in [6.07, 6.45) is 0.806. The molecule has 6 heteroatoms. The Hall–Kier alpha value is -3.92. The van der Waals surface area contributed by atoms with Crippen LogP contribution in [0.1, 0.15) is 38.6 Å². The first-order chi connectivity index (χ1) is 17.2. The van der Waals surface area contributed by atoms with Crippen molar-refractivity contribution in [2.45, 2.75) is 25.4 Å². The zero-order chi connectivity index (χ0) is 23.8. The maximum Gasteiger partial charge on any atom is 0.237 e. The molecule has 0 atom stereocenters. The second kappa shape index (κ2) is 9.03. The van der Waals surface area contributed by atoms with Gasteiger partial charge < -0.3 is 10.1 Å². The number of benzene rings is 3. The first-order valence-electron chi connectivity index (χ1n) is 11.7. The largest absolute Gasteiger partial charge is 0.457 e. The molecule has 3 aromatic carbocycles. The Morgan fingerprint density at radius 2 is 1.66 bits per heavy atom. The van der Waals surface area contributed by atoms with Crippen LogP contribution in [-0.4, -0.2) is 17.4 Å². The third-order valence-electron chi connectivity index (χ3n) is 6.68. The molecular weight excluding hydrogens is 454 g/mol. The second-order valence-corrected chi connectivity index (χ2v) is 9.97. The van der Waals surface area contributed by atoms with Crippen LogP contribution in [0.4, 0.5) is 5.00 Å². The summed E-state index contributed by atoms with van der Waals surface area (Å²) in [5, 5.41) is 13.7. The third-order valence-corrected chi connectivity index (χ3v) is 7.81. The fourth-order valence-electron chi connectivity index (χ4n) is 5.02. The highest BCUT2D eigenvalue weighted by Crippen LogP contribution is 2.45. The van der Waals surface area contributed by atoms with Crippen molar-refractivity contribution in [2.75, 3.05) is 11.9 Å². The van der Waals surface area contributed by atoms with Crippen molar-refractivity contribution in [1.82, 2.24) is 4.90 Å². The molecule has 0 saturated heterocycles. The summed E-state index contributed by atoms with van der Waals surface area (Å²) in [6, 6.07) is 28.1. The van der Waals surface area contributed by atoms with E-state index in [1.165, 1.54) is 16.9 Å². The molecule has 1 aromatic heterocycles. The first-order valence-corrected chi connectivity index (χ1v) is 12.5. The number of nitriles is 1. The zero-order valence-electron chi connectivity index (χ0n) is 19.0. The minimum absolute atomic E-state index is 0.149. The molecule has 0 aliphatic carbocycles. The molecule has 4 aromatic rings. The fourth-order valence-corrected chi connectivity index (χ4v) is 6.26. The molecule has 2 aliphatic rings. The molecule has 1 N–H and O–H groups in total. The summed E-state index contributed by atoms with van der Waals surface area (Å²) >= 11 is 1.53. The Morgan fingerprint density at radius 1 is 1.00 bits per heavy atom. The Morgan fingerprint density at radius 3 is 2.34 bits per heavy atom. The summed E-state index contributed by atoms with van der Waals surface area (Å²) < 4.78 is 6.04. The van der Waals surface area contributed by atoms with Gasteiger partial charge in [0, 0.05) is 35.6 Å². The summed E-state index contributed by atoms with van der Waals surface area (Å²) in [7, 11) is 0. The number of ether oxygens (including phenoxy) is 1. The summed E-state index contributed by atoms with van der Waals surface area (Å²) in [6.45, 7) is 2.54. The molecular formula is C29H23N3O2S. The summed E-state index contributed by atoms with van der Waals surface area (Å²) in [4.78, 5) is 17.3. The van der Waals surface area contributed by atoms with Crippen molar-refractivity contribution in [3.63, 3.8) is 0 Å². The molecule has 1 amide bonds. The van der Waals surface area contributed by atoms with Crippen LogP contribution in [0.5, 0.6) is 11.5 Å². The number of hydrogen-bond donors (Lipinski definition) is 1. The second-order valence-electron chi connectivity index (χ2n) is 8.87. The predicted molar refractivity (Wildman–Crippen MR) is 137 cm³/mol. The molecule has 2 aliphatic heterocycles. The smallest absolute Gasteiger partial charge is 0.237 e. The van der Waals surface area contributed by atoms with E-state index < -0.39 is 5.92 Å². The van der Waals surface area contributed by atoms with Gasteiger partial charge in [0.25, 0.3) is 0 Å². The predicted octanol–water partition coefficient (Wildman–Crippen LogP) is 6.05. The van der Waals surface area contributed by atoms with Crippen molar-refractivity contribution in [1.29, 1.82) is 5.26 Å². The van der Waals surface area contributed by atoms with Gasteiger partial charge in [-0.15, -0.1) is 11.3 Å². The van der Waals surface area contributed by atoms with E-state index in [-0.39, 0.29) is 5.91 Å². The summed E-state index contributed by atoms with van der Waals surface area (Å²) in [5.74, 6) is 0.726. The molecule has 5 nitrogen and oxygen atoms in total. The first kappa shape index (κ1) is 21.6. The number of fused-ring (bicyclic) bond motifs is 3. The van der Waals surface area contributed by atoms with Gasteiger partial charge in [-0.1, -0.05) is 66.7 Å². The molecule has 0 spiro atoms. The Balaban J connectivity index is 1.29. The van der Waals surface area contributed by atoms with Gasteiger partial charge in [0.15, 0.2) is 0 Å². The van der Waals surface area contributed by atoms with Crippen LogP contribution in [-0.2, 0) is 24.3 Å². The van der Waals surface area contributed by atoms with Gasteiger partial charge in [-0.05, 0) is 29.7 Å². The Kier molecular flexibility index (Phi) is 5.57. The lowest BCUT2D eigenvalue weighted by molar-refractivity contribution is -0.116. The van der Waals surface area contributed by atoms with Crippen molar-refractivity contribution in [3.05, 3.63) is 112 Å². The number of nitrogens with zero attached hydrogens (tertiary/aromatic N) is 2. The molecule has 172 valence electrons. The molecule has 0 radical (unpaired) electrons. The number of amides is 1. The van der Waals surface area contributed by atoms with Gasteiger partial charge in [0.2, 0.25) is 5.91 Å². The van der Waals surface area contributed by atoms with Gasteiger partial charge in [-0.3, -0.25) is 9.69 Å². The van der Waals surface area contributed by atoms with Gasteiger partial charge in [-0.2, -0.15) is 5.26 Å². The Labute approximate surface area is 208 Å². The normalized spacial score (nSPS) is 14.7. The van der Waals surface area contributed by atoms with Crippen molar-refractivity contribution >= 4 is 22.2 Å². The molecule has 0 saturated carbocycles. The number of anilines is 1. The fraction of sp³-hybridized carbons (Fsp3) is 0.172. The SMILES string of the molecule is N#Cc1c(NC(=O)C2c3ccccc3Oc3ccccc32)sc2c1CCN(Cc1ccccc1)C2. The lowest BCUT2D eigenvalue weighted by atomic mass is 9.87. The van der Waals surface area contributed by atoms with E-state index in [1.807, 2.05) is 54.6 Å². The standard InChI is InChI=1S/C29H23N3O2S/c30-16-23-20-14-15-32(17-19-8-2-1-3-9-19)18-26(20)35-29(23)31-28(33)27-21-10-4-6-12-24(21)34-25-13-7-5-11-22(25)27/h1-13,27H,14-15,17-18H2,(H,31,33). The molecule has 3 heterocycles. The van der Waals surface area contributed by atoms with Gasteiger partial charge in [-0.25, -0.2) is 0 Å². The van der Waals surface area contributed by atoms with Crippen LogP contribution in [0.2, 0.25) is 0 Å². The average molecular weight is 478 g/mol. The van der Waals surface area contributed by atoms with E-state index in [1.54, 1.807) is 0 Å². The number of carbonyl (C=O) groups is 1. The lowest BCUT2D eigenvalue weighted by Gasteiger charge is -2.27. The van der Waals surface area contributed by atoms with Crippen LogP contribution in [0.25, 0.3) is 0 Å². The van der Waals surface area contributed by atoms with Crippen LogP contribution in [0, 0.1) is 11.3 Å². The van der Waals surface area contributed by atoms with E-state index >= 15 is 0 Å². The van der Waals surface area contributed by atoms with Crippen LogP contribution < -0.4 is 10.1 Å². The Bertz CT molecular complexity index is 1410. The van der Waals surface area contributed by atoms with E-state index in [0.29, 0.717) is 22.1 Å². The molecule has 6 rings (SSSR count). The maximum atomic E-state index is 13.7. The van der Waals surface area contributed by atoms with E-state index in [4.69, 9.17) is 4.74 Å². The topological polar surface area (TPSA) is 65.4 Å². The van der Waals surface area contributed by atoms with E-state index in [9.17, 15) is 10.1 Å². The average Bonchev–Trinajstić information content (AvgIpc) is 3.23. The number of nitrogens with one attached hydrogen (secondary N) is 1. The minimum Gasteiger partial charge on any atom is -0.457 e. The molecule has 35 heavy (non-hydrogen) atoms. The van der Waals surface area contributed by atoms with Gasteiger partial charge in [0.05, 0.1) is 11.5 Å². The van der Waals surface area contributed by atoms with Crippen molar-refractivity contribution in [3.8, 4) is 17.6 Å². The molecule has 0 bridgehead atoms. The highest BCUT2D eigenvalue weighted by molar-refractivity contribution is 7.16. The number of hydrogen-bond acceptors (Lipinski definition) is 5. The van der Waals surface area contributed by atoms with Crippen molar-refractivity contribution < 1.29 is 9.53 Å². The number of para-hydroxylation sites is 2. The monoisotopic (exact) mass is 477 g/mol. The number of rotatable bonds is 4. The highest BCUT2D eigenvalue weighted by Gasteiger charge is 2.34. The maximum absolute atomic E-state index is 13.7. The number of carbonyl (C=O) groups excluding carboxylic acids is 1. The third kappa shape index (κ3) is 3.99. The zero-order valence-corrected chi connectivity index (χ0v) is 19.8. The summed E-state index contributed by atoms with van der Waals surface area (Å²) in [5.41, 5.74) is 4.62.